The third-order valence-corrected chi connectivity index (χ3v) is 3.73. The van der Waals surface area contributed by atoms with E-state index in [0.29, 0.717) is 6.61 Å². The minimum atomic E-state index is 0.357. The Bertz CT molecular complexity index is 154. The van der Waals surface area contributed by atoms with E-state index in [-0.39, 0.29) is 0 Å². The number of hydrogen-bond acceptors (Lipinski definition) is 1. The van der Waals surface area contributed by atoms with Crippen LogP contribution in [-0.2, 0) is 0 Å². The fourth-order valence-electron chi connectivity index (χ4n) is 2.42. The Kier molecular flexibility index (Phi) is 11.0. The SMILES string of the molecule is CC(C)CCC[C@@H](C)CCC[C@@H](C)CCCO. The zero-order chi connectivity index (χ0) is 13.1. The molecule has 0 heterocycles. The van der Waals surface area contributed by atoms with E-state index in [9.17, 15) is 0 Å². The molecule has 1 nitrogen and oxygen atoms in total. The lowest BCUT2D eigenvalue weighted by atomic mass is 9.92. The van der Waals surface area contributed by atoms with E-state index >= 15 is 0 Å². The van der Waals surface area contributed by atoms with Crippen molar-refractivity contribution in [2.75, 3.05) is 6.61 Å². The zero-order valence-corrected chi connectivity index (χ0v) is 12.5. The topological polar surface area (TPSA) is 20.2 Å². The first-order valence-corrected chi connectivity index (χ1v) is 7.67. The minimum Gasteiger partial charge on any atom is -0.396 e. The molecule has 0 saturated carbocycles. The van der Waals surface area contributed by atoms with Crippen molar-refractivity contribution in [3.63, 3.8) is 0 Å². The summed E-state index contributed by atoms with van der Waals surface area (Å²) in [5.74, 6) is 2.56. The van der Waals surface area contributed by atoms with Gasteiger partial charge in [-0.2, -0.15) is 0 Å². The van der Waals surface area contributed by atoms with Gasteiger partial charge in [-0.1, -0.05) is 66.2 Å². The van der Waals surface area contributed by atoms with Crippen LogP contribution < -0.4 is 0 Å². The Morgan fingerprint density at radius 1 is 0.647 bits per heavy atom. The average molecular weight is 242 g/mol. The van der Waals surface area contributed by atoms with Crippen molar-refractivity contribution in [2.24, 2.45) is 17.8 Å². The third-order valence-electron chi connectivity index (χ3n) is 3.73. The van der Waals surface area contributed by atoms with Gasteiger partial charge in [0.2, 0.25) is 0 Å². The van der Waals surface area contributed by atoms with E-state index in [2.05, 4.69) is 27.7 Å². The van der Waals surface area contributed by atoms with Crippen LogP contribution in [0.3, 0.4) is 0 Å². The van der Waals surface area contributed by atoms with E-state index in [1.807, 2.05) is 0 Å². The lowest BCUT2D eigenvalue weighted by Crippen LogP contribution is -2.00. The second-order valence-corrected chi connectivity index (χ2v) is 6.33. The second kappa shape index (κ2) is 11.1. The number of hydrogen-bond donors (Lipinski definition) is 1. The van der Waals surface area contributed by atoms with Crippen molar-refractivity contribution < 1.29 is 5.11 Å². The van der Waals surface area contributed by atoms with Crippen molar-refractivity contribution in [3.8, 4) is 0 Å². The first-order valence-electron chi connectivity index (χ1n) is 7.67. The average Bonchev–Trinajstić information content (AvgIpc) is 2.25. The maximum absolute atomic E-state index is 8.77. The highest BCUT2D eigenvalue weighted by Crippen LogP contribution is 2.20. The fraction of sp³-hybridized carbons (Fsp3) is 1.00. The van der Waals surface area contributed by atoms with E-state index in [1.165, 1.54) is 44.9 Å². The predicted octanol–water partition coefficient (Wildman–Crippen LogP) is 5.03. The van der Waals surface area contributed by atoms with Gasteiger partial charge in [-0.15, -0.1) is 0 Å². The fourth-order valence-corrected chi connectivity index (χ4v) is 2.42. The van der Waals surface area contributed by atoms with Gasteiger partial charge in [-0.3, -0.25) is 0 Å². The molecule has 0 radical (unpaired) electrons. The molecule has 0 spiro atoms. The molecular weight excluding hydrogens is 208 g/mol. The highest BCUT2D eigenvalue weighted by molar-refractivity contribution is 4.59. The second-order valence-electron chi connectivity index (χ2n) is 6.33. The largest absolute Gasteiger partial charge is 0.396 e. The van der Waals surface area contributed by atoms with Crippen LogP contribution in [-0.4, -0.2) is 11.7 Å². The molecule has 0 bridgehead atoms. The molecule has 0 unspecified atom stereocenters. The summed E-state index contributed by atoms with van der Waals surface area (Å²) in [7, 11) is 0. The van der Waals surface area contributed by atoms with E-state index in [4.69, 9.17) is 5.11 Å². The van der Waals surface area contributed by atoms with Gasteiger partial charge in [0.1, 0.15) is 0 Å². The van der Waals surface area contributed by atoms with Crippen LogP contribution in [0, 0.1) is 17.8 Å². The van der Waals surface area contributed by atoms with Crippen molar-refractivity contribution in [2.45, 2.75) is 79.1 Å². The van der Waals surface area contributed by atoms with Crippen molar-refractivity contribution >= 4 is 0 Å². The van der Waals surface area contributed by atoms with Crippen LogP contribution in [0.25, 0.3) is 0 Å². The molecule has 0 fully saturated rings. The molecule has 0 aromatic heterocycles. The summed E-state index contributed by atoms with van der Waals surface area (Å²) >= 11 is 0. The quantitative estimate of drug-likeness (QED) is 0.539. The van der Waals surface area contributed by atoms with Gasteiger partial charge in [0, 0.05) is 6.61 Å². The molecule has 17 heavy (non-hydrogen) atoms. The molecule has 2 atom stereocenters. The molecule has 0 aromatic carbocycles. The standard InChI is InChI=1S/C16H34O/c1-14(2)8-5-9-15(3)10-6-11-16(4)12-7-13-17/h14-17H,5-13H2,1-4H3/t15-,16-/m1/s1. The molecule has 0 saturated heterocycles. The van der Waals surface area contributed by atoms with Crippen LogP contribution >= 0.6 is 0 Å². The number of rotatable bonds is 11. The monoisotopic (exact) mass is 242 g/mol. The van der Waals surface area contributed by atoms with Gasteiger partial charge in [0.15, 0.2) is 0 Å². The summed E-state index contributed by atoms with van der Waals surface area (Å²) in [4.78, 5) is 0. The van der Waals surface area contributed by atoms with Gasteiger partial charge in [0.05, 0.1) is 0 Å². The molecule has 1 heteroatoms. The molecule has 104 valence electrons. The predicted molar refractivity (Wildman–Crippen MR) is 77.2 cm³/mol. The van der Waals surface area contributed by atoms with E-state index in [1.54, 1.807) is 0 Å². The Hall–Kier alpha value is -0.0400. The van der Waals surface area contributed by atoms with Crippen LogP contribution in [0.4, 0.5) is 0 Å². The summed E-state index contributed by atoms with van der Waals surface area (Å²) in [6, 6.07) is 0. The van der Waals surface area contributed by atoms with Crippen LogP contribution in [0.1, 0.15) is 79.1 Å². The number of aliphatic hydroxyl groups is 1. The normalized spacial score (nSPS) is 15.2. The molecule has 0 aliphatic heterocycles. The van der Waals surface area contributed by atoms with Gasteiger partial charge in [-0.25, -0.2) is 0 Å². The highest BCUT2D eigenvalue weighted by atomic mass is 16.2. The maximum Gasteiger partial charge on any atom is 0.0431 e. The van der Waals surface area contributed by atoms with Crippen LogP contribution in [0.5, 0.6) is 0 Å². The van der Waals surface area contributed by atoms with Gasteiger partial charge >= 0.3 is 0 Å². The molecular formula is C16H34O. The Morgan fingerprint density at radius 3 is 1.47 bits per heavy atom. The molecule has 0 aliphatic rings. The van der Waals surface area contributed by atoms with Crippen molar-refractivity contribution in [1.82, 2.24) is 0 Å². The summed E-state index contributed by atoms with van der Waals surface area (Å²) in [6.45, 7) is 9.70. The molecule has 0 rings (SSSR count). The van der Waals surface area contributed by atoms with Crippen LogP contribution in [0.15, 0.2) is 0 Å². The van der Waals surface area contributed by atoms with E-state index < -0.39 is 0 Å². The first-order chi connectivity index (χ1) is 8.06. The summed E-state index contributed by atoms with van der Waals surface area (Å²) in [6.07, 6.45) is 10.5. The zero-order valence-electron chi connectivity index (χ0n) is 12.5. The summed E-state index contributed by atoms with van der Waals surface area (Å²) in [5, 5.41) is 8.77. The van der Waals surface area contributed by atoms with Crippen molar-refractivity contribution in [3.05, 3.63) is 0 Å². The summed E-state index contributed by atoms with van der Waals surface area (Å²) < 4.78 is 0. The Morgan fingerprint density at radius 2 is 1.06 bits per heavy atom. The third kappa shape index (κ3) is 12.2. The van der Waals surface area contributed by atoms with Gasteiger partial charge in [0.25, 0.3) is 0 Å². The maximum atomic E-state index is 8.77. The van der Waals surface area contributed by atoms with Gasteiger partial charge < -0.3 is 5.11 Å². The molecule has 0 amide bonds. The summed E-state index contributed by atoms with van der Waals surface area (Å²) in [5.41, 5.74) is 0. The highest BCUT2D eigenvalue weighted by Gasteiger charge is 2.06. The Labute approximate surface area is 109 Å². The molecule has 0 aromatic rings. The minimum absolute atomic E-state index is 0.357. The van der Waals surface area contributed by atoms with Gasteiger partial charge in [-0.05, 0) is 30.6 Å². The lowest BCUT2D eigenvalue weighted by molar-refractivity contribution is 0.269. The molecule has 0 aliphatic carbocycles. The van der Waals surface area contributed by atoms with E-state index in [0.717, 1.165) is 24.2 Å². The molecule has 1 N–H and O–H groups in total. The Balaban J connectivity index is 3.34. The number of aliphatic hydroxyl groups excluding tert-OH is 1. The lowest BCUT2D eigenvalue weighted by Gasteiger charge is -2.14. The smallest absolute Gasteiger partial charge is 0.0431 e. The first kappa shape index (κ1) is 17.0. The van der Waals surface area contributed by atoms with Crippen molar-refractivity contribution in [1.29, 1.82) is 0 Å². The van der Waals surface area contributed by atoms with Crippen LogP contribution in [0.2, 0.25) is 0 Å².